The summed E-state index contributed by atoms with van der Waals surface area (Å²) in [5, 5.41) is 9.67. The molecule has 0 N–H and O–H groups in total. The van der Waals surface area contributed by atoms with Crippen LogP contribution in [0.1, 0.15) is 62.6 Å². The maximum absolute atomic E-state index is 14.9. The molecule has 0 aromatic heterocycles. The van der Waals surface area contributed by atoms with Gasteiger partial charge in [0.1, 0.15) is 23.9 Å². The standard InChI is InChI=1S/C33H36FNO4/c1-5-38-32(36)18-29(23-9-10-23)24-8-6-7-22(15-24)20-39-27-11-13-28(25(16-27)19-33(2,3)21-35)30-17-26(37-4)12-14-31(30)34/h6-8,11-17,23,29H,5,9-10,18-20H2,1-4H3. The molecule has 0 heterocycles. The molecule has 0 aliphatic heterocycles. The van der Waals surface area contributed by atoms with E-state index in [0.29, 0.717) is 54.6 Å². The molecule has 0 saturated heterocycles. The summed E-state index contributed by atoms with van der Waals surface area (Å²) in [5.41, 5.74) is 3.44. The predicted octanol–water partition coefficient (Wildman–Crippen LogP) is 7.62. The van der Waals surface area contributed by atoms with Crippen LogP contribution in [0.5, 0.6) is 11.5 Å². The topological polar surface area (TPSA) is 68.6 Å². The molecule has 39 heavy (non-hydrogen) atoms. The van der Waals surface area contributed by atoms with Crippen molar-refractivity contribution < 1.29 is 23.4 Å². The van der Waals surface area contributed by atoms with Crippen LogP contribution in [0.15, 0.2) is 60.7 Å². The van der Waals surface area contributed by atoms with Gasteiger partial charge in [-0.2, -0.15) is 5.26 Å². The van der Waals surface area contributed by atoms with Crippen LogP contribution in [0.25, 0.3) is 11.1 Å². The van der Waals surface area contributed by atoms with Crippen LogP contribution < -0.4 is 9.47 Å². The van der Waals surface area contributed by atoms with E-state index in [1.807, 2.05) is 51.1 Å². The lowest BCUT2D eigenvalue weighted by Crippen LogP contribution is -2.13. The summed E-state index contributed by atoms with van der Waals surface area (Å²) in [6.07, 6.45) is 3.09. The Labute approximate surface area is 230 Å². The average molecular weight is 530 g/mol. The van der Waals surface area contributed by atoms with Crippen molar-refractivity contribution in [2.75, 3.05) is 13.7 Å². The van der Waals surface area contributed by atoms with Gasteiger partial charge >= 0.3 is 5.97 Å². The molecule has 204 valence electrons. The van der Waals surface area contributed by atoms with Gasteiger partial charge in [0, 0.05) is 5.56 Å². The molecule has 1 atom stereocenters. The Bertz CT molecular complexity index is 1360. The molecule has 1 fully saturated rings. The Morgan fingerprint density at radius 1 is 1.08 bits per heavy atom. The van der Waals surface area contributed by atoms with Crippen molar-refractivity contribution in [3.8, 4) is 28.7 Å². The maximum Gasteiger partial charge on any atom is 0.306 e. The fraction of sp³-hybridized carbons (Fsp3) is 0.394. The molecular formula is C33H36FNO4. The number of esters is 1. The second-order valence-electron chi connectivity index (χ2n) is 10.8. The van der Waals surface area contributed by atoms with Gasteiger partial charge in [0.25, 0.3) is 0 Å². The summed E-state index contributed by atoms with van der Waals surface area (Å²) >= 11 is 0. The van der Waals surface area contributed by atoms with Crippen LogP contribution in [0.3, 0.4) is 0 Å². The molecule has 6 heteroatoms. The minimum Gasteiger partial charge on any atom is -0.497 e. The van der Waals surface area contributed by atoms with E-state index in [1.54, 1.807) is 19.2 Å². The smallest absolute Gasteiger partial charge is 0.306 e. The molecule has 4 rings (SSSR count). The van der Waals surface area contributed by atoms with E-state index in [0.717, 1.165) is 29.5 Å². The second kappa shape index (κ2) is 12.3. The molecule has 1 unspecified atom stereocenters. The zero-order valence-electron chi connectivity index (χ0n) is 23.1. The van der Waals surface area contributed by atoms with E-state index in [9.17, 15) is 14.4 Å². The normalized spacial score (nSPS) is 13.8. The monoisotopic (exact) mass is 529 g/mol. The Morgan fingerprint density at radius 2 is 1.85 bits per heavy atom. The van der Waals surface area contributed by atoms with Gasteiger partial charge in [-0.15, -0.1) is 0 Å². The lowest BCUT2D eigenvalue weighted by atomic mass is 9.84. The lowest BCUT2D eigenvalue weighted by Gasteiger charge is -2.20. The first kappa shape index (κ1) is 28.2. The van der Waals surface area contributed by atoms with Gasteiger partial charge in [-0.1, -0.05) is 30.3 Å². The average Bonchev–Trinajstić information content (AvgIpc) is 3.77. The van der Waals surface area contributed by atoms with E-state index in [1.165, 1.54) is 6.07 Å². The molecule has 3 aromatic carbocycles. The summed E-state index contributed by atoms with van der Waals surface area (Å²) in [6, 6.07) is 20.8. The number of nitrogens with zero attached hydrogens (tertiary/aromatic N) is 1. The van der Waals surface area contributed by atoms with Crippen molar-refractivity contribution in [1.82, 2.24) is 0 Å². The fourth-order valence-electron chi connectivity index (χ4n) is 4.96. The number of hydrogen-bond donors (Lipinski definition) is 0. The van der Waals surface area contributed by atoms with Crippen LogP contribution in [0.2, 0.25) is 0 Å². The van der Waals surface area contributed by atoms with Crippen molar-refractivity contribution in [3.63, 3.8) is 0 Å². The quantitative estimate of drug-likeness (QED) is 0.226. The van der Waals surface area contributed by atoms with Gasteiger partial charge in [-0.25, -0.2) is 4.39 Å². The van der Waals surface area contributed by atoms with Crippen LogP contribution in [0.4, 0.5) is 4.39 Å². The van der Waals surface area contributed by atoms with Gasteiger partial charge in [-0.05, 0) is 104 Å². The summed E-state index contributed by atoms with van der Waals surface area (Å²) in [7, 11) is 1.55. The van der Waals surface area contributed by atoms with Gasteiger partial charge in [0.2, 0.25) is 0 Å². The molecule has 1 saturated carbocycles. The Morgan fingerprint density at radius 3 is 2.54 bits per heavy atom. The molecule has 5 nitrogen and oxygen atoms in total. The third-order valence-corrected chi connectivity index (χ3v) is 7.14. The van der Waals surface area contributed by atoms with Gasteiger partial charge in [0.15, 0.2) is 0 Å². The molecule has 1 aliphatic rings. The Hall–Kier alpha value is -3.85. The van der Waals surface area contributed by atoms with Crippen LogP contribution in [-0.4, -0.2) is 19.7 Å². The molecule has 0 spiro atoms. The summed E-state index contributed by atoms with van der Waals surface area (Å²) in [6.45, 7) is 6.29. The predicted molar refractivity (Wildman–Crippen MR) is 149 cm³/mol. The number of carbonyl (C=O) groups excluding carboxylic acids is 1. The molecule has 3 aromatic rings. The van der Waals surface area contributed by atoms with Crippen molar-refractivity contribution in [1.29, 1.82) is 5.26 Å². The van der Waals surface area contributed by atoms with Crippen LogP contribution in [0, 0.1) is 28.5 Å². The number of ether oxygens (including phenoxy) is 3. The largest absolute Gasteiger partial charge is 0.497 e. The first-order chi connectivity index (χ1) is 18.7. The fourth-order valence-corrected chi connectivity index (χ4v) is 4.96. The number of methoxy groups -OCH3 is 1. The number of hydrogen-bond acceptors (Lipinski definition) is 5. The Balaban J connectivity index is 1.57. The first-order valence-corrected chi connectivity index (χ1v) is 13.5. The molecular weight excluding hydrogens is 493 g/mol. The summed E-state index contributed by atoms with van der Waals surface area (Å²) in [4.78, 5) is 12.2. The van der Waals surface area contributed by atoms with Crippen molar-refractivity contribution in [3.05, 3.63) is 83.2 Å². The van der Waals surface area contributed by atoms with Crippen LogP contribution in [-0.2, 0) is 22.6 Å². The first-order valence-electron chi connectivity index (χ1n) is 13.5. The highest BCUT2D eigenvalue weighted by Crippen LogP contribution is 2.45. The van der Waals surface area contributed by atoms with Crippen molar-refractivity contribution in [2.45, 2.75) is 59.0 Å². The van der Waals surface area contributed by atoms with Gasteiger partial charge in [-0.3, -0.25) is 4.79 Å². The number of rotatable bonds is 12. The molecule has 0 bridgehead atoms. The van der Waals surface area contributed by atoms with E-state index < -0.39 is 5.41 Å². The van der Waals surface area contributed by atoms with E-state index >= 15 is 0 Å². The van der Waals surface area contributed by atoms with Gasteiger partial charge < -0.3 is 14.2 Å². The van der Waals surface area contributed by atoms with Crippen molar-refractivity contribution in [2.24, 2.45) is 11.3 Å². The third-order valence-electron chi connectivity index (χ3n) is 7.14. The number of nitriles is 1. The van der Waals surface area contributed by atoms with Crippen LogP contribution >= 0.6 is 0 Å². The third kappa shape index (κ3) is 7.38. The number of carbonyl (C=O) groups is 1. The van der Waals surface area contributed by atoms with E-state index in [2.05, 4.69) is 18.2 Å². The zero-order chi connectivity index (χ0) is 28.0. The molecule has 0 radical (unpaired) electrons. The summed E-state index contributed by atoms with van der Waals surface area (Å²) in [5.74, 6) is 1.36. The number of benzene rings is 3. The van der Waals surface area contributed by atoms with E-state index in [-0.39, 0.29) is 17.7 Å². The highest BCUT2D eigenvalue weighted by molar-refractivity contribution is 5.71. The highest BCUT2D eigenvalue weighted by atomic mass is 19.1. The van der Waals surface area contributed by atoms with Crippen molar-refractivity contribution >= 4 is 5.97 Å². The SMILES string of the molecule is CCOC(=O)CC(c1cccc(COc2ccc(-c3cc(OC)ccc3F)c(CC(C)(C)C#N)c2)c1)C1CC1. The zero-order valence-corrected chi connectivity index (χ0v) is 23.1. The van der Waals surface area contributed by atoms with E-state index in [4.69, 9.17) is 14.2 Å². The highest BCUT2D eigenvalue weighted by Gasteiger charge is 2.34. The minimum absolute atomic E-state index is 0.154. The molecule has 1 aliphatic carbocycles. The maximum atomic E-state index is 14.9. The Kier molecular flexibility index (Phi) is 8.91. The second-order valence-corrected chi connectivity index (χ2v) is 10.8. The lowest BCUT2D eigenvalue weighted by molar-refractivity contribution is -0.143. The number of halogens is 1. The summed E-state index contributed by atoms with van der Waals surface area (Å²) < 4.78 is 31.6. The minimum atomic E-state index is -0.645. The molecule has 0 amide bonds. The van der Waals surface area contributed by atoms with Gasteiger partial charge in [0.05, 0.1) is 31.6 Å².